The zero-order valence-corrected chi connectivity index (χ0v) is 37.4. The molecule has 0 saturated heterocycles. The molecule has 0 saturated carbocycles. The van der Waals surface area contributed by atoms with Crippen LogP contribution in [0.4, 0.5) is 0 Å². The summed E-state index contributed by atoms with van der Waals surface area (Å²) in [6.45, 7) is 0. The largest absolute Gasteiger partial charge is 0.456 e. The molecule has 0 amide bonds. The van der Waals surface area contributed by atoms with Crippen LogP contribution in [0.3, 0.4) is 0 Å². The summed E-state index contributed by atoms with van der Waals surface area (Å²) in [6.07, 6.45) is 0. The third-order valence-corrected chi connectivity index (χ3v) is 13.3. The predicted octanol–water partition coefficient (Wildman–Crippen LogP) is 16.4. The molecule has 0 aliphatic heterocycles. The van der Waals surface area contributed by atoms with Crippen LogP contribution in [0.25, 0.3) is 145 Å². The summed E-state index contributed by atoms with van der Waals surface area (Å²) in [5.41, 5.74) is 12.4. The molecule has 0 unspecified atom stereocenters. The van der Waals surface area contributed by atoms with Gasteiger partial charge in [0.1, 0.15) is 22.3 Å². The average Bonchev–Trinajstić information content (AvgIpc) is 3.98. The molecule has 10 aromatic carbocycles. The highest BCUT2D eigenvalue weighted by molar-refractivity contribution is 6.12. The molecule has 7 heteroatoms. The van der Waals surface area contributed by atoms with E-state index < -0.39 is 0 Å². The highest BCUT2D eigenvalue weighted by atomic mass is 16.3. The number of benzene rings is 10. The van der Waals surface area contributed by atoms with E-state index >= 15 is 0 Å². The van der Waals surface area contributed by atoms with Crippen molar-refractivity contribution in [1.82, 2.24) is 24.9 Å². The van der Waals surface area contributed by atoms with E-state index in [1.54, 1.807) is 0 Å². The van der Waals surface area contributed by atoms with Crippen molar-refractivity contribution < 1.29 is 8.83 Å². The first kappa shape index (κ1) is 39.6. The van der Waals surface area contributed by atoms with Crippen molar-refractivity contribution in [2.45, 2.75) is 0 Å². The summed E-state index contributed by atoms with van der Waals surface area (Å²) in [5, 5.41) is 8.93. The topological polar surface area (TPSA) is 90.7 Å². The molecular formula is C63H37N5O2. The Kier molecular flexibility index (Phi) is 9.07. The maximum absolute atomic E-state index is 6.49. The van der Waals surface area contributed by atoms with Gasteiger partial charge in [0.25, 0.3) is 0 Å². The van der Waals surface area contributed by atoms with E-state index in [0.717, 1.165) is 111 Å². The van der Waals surface area contributed by atoms with Crippen molar-refractivity contribution in [3.8, 4) is 79.2 Å². The molecule has 0 aliphatic rings. The SMILES string of the molecule is c1ccc(-c2nc(-c3cccc(-c4cccc(-c5nc(-c6ccccc6)nc(-c6ccc7c(c6)oc6cc8ccccc8cc67)n5)c4)c3)cc(-c3ccc4c(c3)oc3cc5ccccc5cc34)n2)cc1. The zero-order chi connectivity index (χ0) is 46.1. The third-order valence-electron chi connectivity index (χ3n) is 13.3. The molecule has 326 valence electrons. The van der Waals surface area contributed by atoms with Gasteiger partial charge >= 0.3 is 0 Å². The Morgan fingerprint density at radius 1 is 0.214 bits per heavy atom. The first-order chi connectivity index (χ1) is 34.6. The van der Waals surface area contributed by atoms with Crippen LogP contribution >= 0.6 is 0 Å². The van der Waals surface area contributed by atoms with Crippen LogP contribution in [0, 0.1) is 0 Å². The van der Waals surface area contributed by atoms with Crippen molar-refractivity contribution in [2.24, 2.45) is 0 Å². The van der Waals surface area contributed by atoms with Crippen LogP contribution in [0.15, 0.2) is 233 Å². The van der Waals surface area contributed by atoms with E-state index in [9.17, 15) is 0 Å². The fraction of sp³-hybridized carbons (Fsp3) is 0. The molecule has 0 radical (unpaired) electrons. The van der Waals surface area contributed by atoms with Crippen LogP contribution in [-0.2, 0) is 0 Å². The number of hydrogen-bond donors (Lipinski definition) is 0. The van der Waals surface area contributed by atoms with Gasteiger partial charge in [0, 0.05) is 54.9 Å². The second-order valence-corrected chi connectivity index (χ2v) is 17.7. The Morgan fingerprint density at radius 2 is 0.571 bits per heavy atom. The van der Waals surface area contributed by atoms with Crippen molar-refractivity contribution in [3.63, 3.8) is 0 Å². The fourth-order valence-corrected chi connectivity index (χ4v) is 9.73. The standard InChI is InChI=1S/C63H37N5O2/c1-3-13-38(14-4-1)60-64-54(37-55(65-60)47-25-27-50-52-31-42-17-7-9-19-44(42)33-58(52)69-56(50)35-47)46-23-11-21-40(29-46)41-22-12-24-48(30-41)62-66-61(39-15-5-2-6-16-39)67-63(68-62)49-26-28-51-53-32-43-18-8-10-20-45(43)34-59(53)70-57(51)36-49/h1-37H. The first-order valence-corrected chi connectivity index (χ1v) is 23.3. The quantitative estimate of drug-likeness (QED) is 0.157. The molecule has 0 spiro atoms. The fourth-order valence-electron chi connectivity index (χ4n) is 9.73. The Bertz CT molecular complexity index is 4090. The third kappa shape index (κ3) is 6.95. The van der Waals surface area contributed by atoms with E-state index in [-0.39, 0.29) is 0 Å². The number of furan rings is 2. The predicted molar refractivity (Wildman–Crippen MR) is 283 cm³/mol. The van der Waals surface area contributed by atoms with Crippen molar-refractivity contribution in [2.75, 3.05) is 0 Å². The molecule has 0 aliphatic carbocycles. The molecule has 0 fully saturated rings. The maximum Gasteiger partial charge on any atom is 0.164 e. The highest BCUT2D eigenvalue weighted by Gasteiger charge is 2.18. The van der Waals surface area contributed by atoms with Gasteiger partial charge in [0.05, 0.1) is 11.4 Å². The highest BCUT2D eigenvalue weighted by Crippen LogP contribution is 2.38. The summed E-state index contributed by atoms with van der Waals surface area (Å²) >= 11 is 0. The van der Waals surface area contributed by atoms with E-state index in [4.69, 9.17) is 33.8 Å². The van der Waals surface area contributed by atoms with E-state index in [1.165, 1.54) is 10.8 Å². The monoisotopic (exact) mass is 895 g/mol. The number of rotatable bonds is 7. The Labute approximate surface area is 401 Å². The van der Waals surface area contributed by atoms with E-state index in [1.807, 2.05) is 72.8 Å². The van der Waals surface area contributed by atoms with Crippen LogP contribution in [0.2, 0.25) is 0 Å². The minimum atomic E-state index is 0.561. The molecule has 4 aromatic heterocycles. The van der Waals surface area contributed by atoms with Crippen LogP contribution in [0.5, 0.6) is 0 Å². The van der Waals surface area contributed by atoms with Crippen molar-refractivity contribution in [1.29, 1.82) is 0 Å². The van der Waals surface area contributed by atoms with Crippen LogP contribution < -0.4 is 0 Å². The minimum absolute atomic E-state index is 0.561. The molecule has 7 nitrogen and oxygen atoms in total. The number of hydrogen-bond acceptors (Lipinski definition) is 7. The Morgan fingerprint density at radius 3 is 1.11 bits per heavy atom. The lowest BCUT2D eigenvalue weighted by molar-refractivity contribution is 0.669. The van der Waals surface area contributed by atoms with Gasteiger partial charge in [-0.25, -0.2) is 24.9 Å². The second-order valence-electron chi connectivity index (χ2n) is 17.7. The van der Waals surface area contributed by atoms with E-state index in [0.29, 0.717) is 23.3 Å². The molecule has 14 aromatic rings. The Hall–Kier alpha value is -9.59. The molecule has 14 rings (SSSR count). The van der Waals surface area contributed by atoms with Gasteiger partial charge in [-0.3, -0.25) is 0 Å². The van der Waals surface area contributed by atoms with Gasteiger partial charge in [-0.15, -0.1) is 0 Å². The minimum Gasteiger partial charge on any atom is -0.456 e. The second kappa shape index (κ2) is 16.0. The van der Waals surface area contributed by atoms with Crippen molar-refractivity contribution >= 4 is 65.4 Å². The normalized spacial score (nSPS) is 11.7. The molecule has 0 atom stereocenters. The lowest BCUT2D eigenvalue weighted by Gasteiger charge is -2.12. The average molecular weight is 896 g/mol. The number of fused-ring (bicyclic) bond motifs is 8. The molecule has 4 heterocycles. The summed E-state index contributed by atoms with van der Waals surface area (Å²) < 4.78 is 13.0. The van der Waals surface area contributed by atoms with Gasteiger partial charge in [-0.2, -0.15) is 0 Å². The van der Waals surface area contributed by atoms with Crippen LogP contribution in [0.1, 0.15) is 0 Å². The van der Waals surface area contributed by atoms with Gasteiger partial charge in [0.2, 0.25) is 0 Å². The maximum atomic E-state index is 6.49. The van der Waals surface area contributed by atoms with Gasteiger partial charge < -0.3 is 8.83 Å². The first-order valence-electron chi connectivity index (χ1n) is 23.3. The smallest absolute Gasteiger partial charge is 0.164 e. The molecule has 0 bridgehead atoms. The lowest BCUT2D eigenvalue weighted by atomic mass is 9.98. The Balaban J connectivity index is 0.847. The summed E-state index contributed by atoms with van der Waals surface area (Å²) in [5.74, 6) is 2.36. The zero-order valence-electron chi connectivity index (χ0n) is 37.4. The van der Waals surface area contributed by atoms with Gasteiger partial charge in [-0.05, 0) is 99.4 Å². The van der Waals surface area contributed by atoms with Gasteiger partial charge in [0.15, 0.2) is 23.3 Å². The number of nitrogens with zero attached hydrogens (tertiary/aromatic N) is 5. The summed E-state index contributed by atoms with van der Waals surface area (Å²) in [7, 11) is 0. The van der Waals surface area contributed by atoms with E-state index in [2.05, 4.69) is 152 Å². The summed E-state index contributed by atoms with van der Waals surface area (Å²) in [4.78, 5) is 25.6. The molecule has 70 heavy (non-hydrogen) atoms. The summed E-state index contributed by atoms with van der Waals surface area (Å²) in [6, 6.07) is 77.1. The van der Waals surface area contributed by atoms with Crippen LogP contribution in [-0.4, -0.2) is 24.9 Å². The number of aromatic nitrogens is 5. The molecular weight excluding hydrogens is 859 g/mol. The molecule has 0 N–H and O–H groups in total. The van der Waals surface area contributed by atoms with Gasteiger partial charge in [-0.1, -0.05) is 158 Å². The lowest BCUT2D eigenvalue weighted by Crippen LogP contribution is -2.00. The van der Waals surface area contributed by atoms with Crippen molar-refractivity contribution in [3.05, 3.63) is 224 Å².